The number of carbonyl (C=O) groups is 2. The zero-order chi connectivity index (χ0) is 17.6. The lowest BCUT2D eigenvalue weighted by atomic mass is 9.98. The van der Waals surface area contributed by atoms with E-state index in [1.807, 2.05) is 30.3 Å². The van der Waals surface area contributed by atoms with Crippen LogP contribution in [-0.4, -0.2) is 50.6 Å². The number of methoxy groups -OCH3 is 1. The monoisotopic (exact) mass is 342 g/mol. The lowest BCUT2D eigenvalue weighted by Gasteiger charge is -2.27. The average Bonchev–Trinajstić information content (AvgIpc) is 3.17. The highest BCUT2D eigenvalue weighted by Crippen LogP contribution is 2.42. The largest absolute Gasteiger partial charge is 0.467 e. The molecule has 2 aliphatic rings. The van der Waals surface area contributed by atoms with Gasteiger partial charge in [0.25, 0.3) is 0 Å². The Morgan fingerprint density at radius 1 is 1.36 bits per heavy atom. The van der Waals surface area contributed by atoms with Crippen molar-refractivity contribution in [2.24, 2.45) is 0 Å². The Labute approximate surface area is 144 Å². The summed E-state index contributed by atoms with van der Waals surface area (Å²) >= 11 is 0. The van der Waals surface area contributed by atoms with E-state index < -0.39 is 24.1 Å². The second-order valence-corrected chi connectivity index (χ2v) is 6.19. The molecule has 3 heterocycles. The van der Waals surface area contributed by atoms with Crippen LogP contribution in [-0.2, 0) is 22.5 Å². The molecule has 2 aliphatic heterocycles. The third-order valence-corrected chi connectivity index (χ3v) is 4.75. The van der Waals surface area contributed by atoms with Gasteiger partial charge in [0.1, 0.15) is 11.7 Å². The summed E-state index contributed by atoms with van der Waals surface area (Å²) in [5.74, 6) is -0.559. The number of aryl methyl sites for hydroxylation is 2. The summed E-state index contributed by atoms with van der Waals surface area (Å²) in [7, 11) is 1.28. The van der Waals surface area contributed by atoms with Crippen molar-refractivity contribution in [3.8, 4) is 0 Å². The first kappa shape index (κ1) is 15.6. The number of rotatable bonds is 4. The Bertz CT molecular complexity index is 819. The van der Waals surface area contributed by atoms with Crippen molar-refractivity contribution in [1.82, 2.24) is 19.7 Å². The maximum Gasteiger partial charge on any atom is 0.345 e. The Hall–Kier alpha value is -2.87. The van der Waals surface area contributed by atoms with Crippen LogP contribution in [0.2, 0.25) is 0 Å². The van der Waals surface area contributed by atoms with Gasteiger partial charge in [0.2, 0.25) is 0 Å². The van der Waals surface area contributed by atoms with Crippen LogP contribution in [0.15, 0.2) is 36.5 Å². The minimum Gasteiger partial charge on any atom is -0.467 e. The van der Waals surface area contributed by atoms with E-state index in [2.05, 4.69) is 5.10 Å². The Morgan fingerprint density at radius 3 is 2.84 bits per heavy atom. The zero-order valence-corrected chi connectivity index (χ0v) is 13.7. The van der Waals surface area contributed by atoms with Gasteiger partial charge in [-0.05, 0) is 12.0 Å². The summed E-state index contributed by atoms with van der Waals surface area (Å²) in [5.41, 5.74) is 2.35. The fourth-order valence-electron chi connectivity index (χ4n) is 3.47. The molecule has 2 aromatic rings. The maximum atomic E-state index is 12.2. The topological polar surface area (TPSA) is 87.9 Å². The molecule has 0 saturated carbocycles. The molecular weight excluding hydrogens is 324 g/mol. The molecule has 0 spiro atoms. The molecule has 2 atom stereocenters. The Morgan fingerprint density at radius 2 is 2.12 bits per heavy atom. The summed E-state index contributed by atoms with van der Waals surface area (Å²) in [6.45, 7) is 0.878. The summed E-state index contributed by atoms with van der Waals surface area (Å²) in [6, 6.07) is 8.00. The van der Waals surface area contributed by atoms with E-state index in [1.165, 1.54) is 17.6 Å². The molecule has 1 aromatic carbocycles. The van der Waals surface area contributed by atoms with E-state index >= 15 is 0 Å². The van der Waals surface area contributed by atoms with Crippen molar-refractivity contribution in [2.75, 3.05) is 13.7 Å². The smallest absolute Gasteiger partial charge is 0.345 e. The first-order valence-corrected chi connectivity index (χ1v) is 8.08. The number of nitrogens with zero attached hydrogens (tertiary/aromatic N) is 4. The van der Waals surface area contributed by atoms with Gasteiger partial charge in [-0.1, -0.05) is 30.3 Å². The van der Waals surface area contributed by atoms with Crippen molar-refractivity contribution in [1.29, 1.82) is 0 Å². The number of amides is 2. The van der Waals surface area contributed by atoms with Gasteiger partial charge in [0.15, 0.2) is 6.04 Å². The van der Waals surface area contributed by atoms with E-state index in [4.69, 9.17) is 4.74 Å². The van der Waals surface area contributed by atoms with Crippen LogP contribution in [0.3, 0.4) is 0 Å². The number of aromatic nitrogens is 2. The number of hydrogen-bond donors (Lipinski definition) is 1. The fourth-order valence-corrected chi connectivity index (χ4v) is 3.47. The lowest BCUT2D eigenvalue weighted by Crippen LogP contribution is -2.39. The molecule has 2 unspecified atom stereocenters. The van der Waals surface area contributed by atoms with Crippen LogP contribution >= 0.6 is 0 Å². The predicted octanol–water partition coefficient (Wildman–Crippen LogP) is 1.52. The van der Waals surface area contributed by atoms with Gasteiger partial charge in [0, 0.05) is 18.3 Å². The Balaban J connectivity index is 1.64. The van der Waals surface area contributed by atoms with Gasteiger partial charge < -0.3 is 9.64 Å². The van der Waals surface area contributed by atoms with Crippen molar-refractivity contribution in [3.05, 3.63) is 53.3 Å². The van der Waals surface area contributed by atoms with E-state index in [0.717, 1.165) is 6.42 Å². The number of fused-ring (bicyclic) bond motifs is 4. The number of benzene rings is 1. The van der Waals surface area contributed by atoms with Gasteiger partial charge >= 0.3 is 12.0 Å². The molecule has 130 valence electrons. The molecule has 1 saturated heterocycles. The summed E-state index contributed by atoms with van der Waals surface area (Å²) in [4.78, 5) is 25.6. The number of esters is 1. The second kappa shape index (κ2) is 5.89. The van der Waals surface area contributed by atoms with Crippen LogP contribution < -0.4 is 0 Å². The summed E-state index contributed by atoms with van der Waals surface area (Å²) in [5, 5.41) is 15.2. The molecule has 0 radical (unpaired) electrons. The van der Waals surface area contributed by atoms with E-state index in [9.17, 15) is 14.8 Å². The van der Waals surface area contributed by atoms with E-state index in [-0.39, 0.29) is 6.54 Å². The van der Waals surface area contributed by atoms with Crippen LogP contribution in [0.5, 0.6) is 0 Å². The van der Waals surface area contributed by atoms with E-state index in [0.29, 0.717) is 22.9 Å². The molecule has 1 aromatic heterocycles. The first-order chi connectivity index (χ1) is 12.1. The second-order valence-electron chi connectivity index (χ2n) is 6.19. The molecule has 8 nitrogen and oxygen atoms in total. The minimum absolute atomic E-state index is 0.243. The van der Waals surface area contributed by atoms with Crippen LogP contribution in [0.1, 0.15) is 28.9 Å². The quantitative estimate of drug-likeness (QED) is 0.672. The van der Waals surface area contributed by atoms with Crippen molar-refractivity contribution in [3.63, 3.8) is 0 Å². The SMILES string of the molecule is COC(=O)C1c2nn(CCc3ccccc3)cc2C2CN1C(=O)N2O. The number of carbonyl (C=O) groups excluding carboxylic acids is 2. The summed E-state index contributed by atoms with van der Waals surface area (Å²) < 4.78 is 6.59. The molecule has 8 heteroatoms. The summed E-state index contributed by atoms with van der Waals surface area (Å²) in [6.07, 6.45) is 2.60. The molecule has 25 heavy (non-hydrogen) atoms. The third kappa shape index (κ3) is 2.45. The zero-order valence-electron chi connectivity index (χ0n) is 13.7. The van der Waals surface area contributed by atoms with Crippen molar-refractivity contribution in [2.45, 2.75) is 25.0 Å². The molecule has 4 rings (SSSR count). The Kier molecular flexibility index (Phi) is 3.69. The lowest BCUT2D eigenvalue weighted by molar-refractivity contribution is -0.146. The van der Waals surface area contributed by atoms with Gasteiger partial charge in [-0.3, -0.25) is 9.89 Å². The normalized spacial score (nSPS) is 21.4. The van der Waals surface area contributed by atoms with Crippen LogP contribution in [0.4, 0.5) is 4.79 Å². The molecule has 1 N–H and O–H groups in total. The van der Waals surface area contributed by atoms with Crippen molar-refractivity contribution < 1.29 is 19.5 Å². The number of hydrogen-bond acceptors (Lipinski definition) is 5. The molecule has 2 bridgehead atoms. The highest BCUT2D eigenvalue weighted by molar-refractivity contribution is 5.87. The minimum atomic E-state index is -0.918. The van der Waals surface area contributed by atoms with Gasteiger partial charge in [0.05, 0.1) is 13.7 Å². The number of ether oxygens (including phenoxy) is 1. The molecular formula is C17H18N4O4. The highest BCUT2D eigenvalue weighted by Gasteiger charge is 2.52. The van der Waals surface area contributed by atoms with Gasteiger partial charge in [-0.25, -0.2) is 9.59 Å². The molecule has 1 fully saturated rings. The number of urea groups is 1. The van der Waals surface area contributed by atoms with Gasteiger partial charge in [-0.2, -0.15) is 10.2 Å². The van der Waals surface area contributed by atoms with Gasteiger partial charge in [-0.15, -0.1) is 0 Å². The van der Waals surface area contributed by atoms with Crippen LogP contribution in [0, 0.1) is 0 Å². The highest BCUT2D eigenvalue weighted by atomic mass is 16.5. The standard InChI is InChI=1S/C17H18N4O4/c1-25-16(22)15-14-12(13-10-20(15)17(23)21(13)24)9-19(18-14)8-7-11-5-3-2-4-6-11/h2-6,9,13,15,24H,7-8,10H2,1H3. The molecule has 2 amide bonds. The number of hydroxylamine groups is 2. The molecule has 0 aliphatic carbocycles. The third-order valence-electron chi connectivity index (χ3n) is 4.75. The van der Waals surface area contributed by atoms with Crippen molar-refractivity contribution >= 4 is 12.0 Å². The predicted molar refractivity (Wildman–Crippen MR) is 85.6 cm³/mol. The fraction of sp³-hybridized carbons (Fsp3) is 0.353. The first-order valence-electron chi connectivity index (χ1n) is 8.08. The van der Waals surface area contributed by atoms with E-state index in [1.54, 1.807) is 10.9 Å². The average molecular weight is 342 g/mol. The van der Waals surface area contributed by atoms with Crippen LogP contribution in [0.25, 0.3) is 0 Å². The maximum absolute atomic E-state index is 12.2.